The Morgan fingerprint density at radius 3 is 2.52 bits per heavy atom. The van der Waals surface area contributed by atoms with Gasteiger partial charge in [0, 0.05) is 38.3 Å². The number of aryl methyl sites for hydroxylation is 1. The molecule has 4 rings (SSSR count). The second-order valence-electron chi connectivity index (χ2n) is 8.02. The number of benzene rings is 2. The molecule has 0 radical (unpaired) electrons. The molecule has 1 fully saturated rings. The molecule has 5 nitrogen and oxygen atoms in total. The van der Waals surface area contributed by atoms with Crippen LogP contribution in [0.25, 0.3) is 0 Å². The number of carbonyl (C=O) groups is 1. The second kappa shape index (κ2) is 8.76. The van der Waals surface area contributed by atoms with Gasteiger partial charge >= 0.3 is 0 Å². The highest BCUT2D eigenvalue weighted by molar-refractivity contribution is 5.77. The molecule has 1 saturated heterocycles. The topological polar surface area (TPSA) is 42.0 Å². The summed E-state index contributed by atoms with van der Waals surface area (Å²) in [4.78, 5) is 17.2. The van der Waals surface area contributed by atoms with E-state index in [2.05, 4.69) is 43.0 Å². The molecule has 0 aliphatic carbocycles. The lowest BCUT2D eigenvalue weighted by atomic mass is 10.00. The van der Waals surface area contributed by atoms with Gasteiger partial charge in [-0.25, -0.2) is 0 Å². The molecule has 5 heteroatoms. The lowest BCUT2D eigenvalue weighted by molar-refractivity contribution is -0.131. The predicted octanol–water partition coefficient (Wildman–Crippen LogP) is 3.86. The fourth-order valence-corrected chi connectivity index (χ4v) is 4.19. The van der Waals surface area contributed by atoms with Crippen molar-refractivity contribution in [3.05, 3.63) is 53.6 Å². The van der Waals surface area contributed by atoms with Crippen LogP contribution in [0.4, 0.5) is 5.69 Å². The average Bonchev–Trinajstić information content (AvgIpc) is 2.77. The van der Waals surface area contributed by atoms with Crippen LogP contribution in [0.5, 0.6) is 11.5 Å². The number of ether oxygens (including phenoxy) is 2. The zero-order valence-corrected chi connectivity index (χ0v) is 17.4. The minimum atomic E-state index is 0.219. The zero-order valence-electron chi connectivity index (χ0n) is 17.4. The van der Waals surface area contributed by atoms with Crippen molar-refractivity contribution in [1.82, 2.24) is 4.90 Å². The molecule has 154 valence electrons. The van der Waals surface area contributed by atoms with Crippen molar-refractivity contribution in [2.24, 2.45) is 0 Å². The summed E-state index contributed by atoms with van der Waals surface area (Å²) in [5.74, 6) is 2.31. The Balaban J connectivity index is 1.33. The molecular formula is C24H30N2O3. The van der Waals surface area contributed by atoms with E-state index in [1.807, 2.05) is 23.1 Å². The highest BCUT2D eigenvalue weighted by Gasteiger charge is 2.23. The van der Waals surface area contributed by atoms with Crippen LogP contribution >= 0.6 is 0 Å². The van der Waals surface area contributed by atoms with Gasteiger partial charge in [-0.2, -0.15) is 0 Å². The molecule has 2 aliphatic rings. The van der Waals surface area contributed by atoms with E-state index in [0.717, 1.165) is 43.2 Å². The largest absolute Gasteiger partial charge is 0.486 e. The van der Waals surface area contributed by atoms with Crippen molar-refractivity contribution >= 4 is 11.6 Å². The Bertz CT molecular complexity index is 857. The summed E-state index contributed by atoms with van der Waals surface area (Å²) in [7, 11) is 0. The monoisotopic (exact) mass is 394 g/mol. The van der Waals surface area contributed by atoms with Crippen LogP contribution in [0.15, 0.2) is 42.5 Å². The molecule has 0 aromatic heterocycles. The number of amides is 1. The van der Waals surface area contributed by atoms with Crippen molar-refractivity contribution in [2.75, 3.05) is 44.3 Å². The van der Waals surface area contributed by atoms with Crippen molar-refractivity contribution in [1.29, 1.82) is 0 Å². The first kappa shape index (κ1) is 19.6. The van der Waals surface area contributed by atoms with Crippen LogP contribution in [-0.4, -0.2) is 50.2 Å². The number of nitrogens with zero attached hydrogens (tertiary/aromatic N) is 2. The Kier molecular flexibility index (Phi) is 5.93. The number of piperazine rings is 1. The number of para-hydroxylation sites is 2. The Morgan fingerprint density at radius 2 is 1.72 bits per heavy atom. The third-order valence-corrected chi connectivity index (χ3v) is 5.79. The van der Waals surface area contributed by atoms with Crippen molar-refractivity contribution in [3.63, 3.8) is 0 Å². The number of hydrogen-bond donors (Lipinski definition) is 0. The second-order valence-corrected chi connectivity index (χ2v) is 8.02. The SMILES string of the molecule is CC(C)c1ccccc1N1CCN(C(=O)CCc2cccc3c2OCCO3)CC1. The van der Waals surface area contributed by atoms with E-state index in [1.165, 1.54) is 11.3 Å². The van der Waals surface area contributed by atoms with Crippen LogP contribution in [-0.2, 0) is 11.2 Å². The van der Waals surface area contributed by atoms with Gasteiger partial charge in [-0.1, -0.05) is 44.2 Å². The third-order valence-electron chi connectivity index (χ3n) is 5.79. The molecule has 0 spiro atoms. The zero-order chi connectivity index (χ0) is 20.2. The average molecular weight is 395 g/mol. The third kappa shape index (κ3) is 4.34. The fraction of sp³-hybridized carbons (Fsp3) is 0.458. The van der Waals surface area contributed by atoms with Gasteiger partial charge in [0.05, 0.1) is 0 Å². The molecule has 0 bridgehead atoms. The molecule has 1 amide bonds. The summed E-state index contributed by atoms with van der Waals surface area (Å²) < 4.78 is 11.4. The van der Waals surface area contributed by atoms with E-state index in [1.54, 1.807) is 0 Å². The summed E-state index contributed by atoms with van der Waals surface area (Å²) in [6.45, 7) is 8.93. The van der Waals surface area contributed by atoms with E-state index < -0.39 is 0 Å². The Hall–Kier alpha value is -2.69. The van der Waals surface area contributed by atoms with Crippen LogP contribution < -0.4 is 14.4 Å². The number of fused-ring (bicyclic) bond motifs is 1. The van der Waals surface area contributed by atoms with Crippen LogP contribution in [0.1, 0.15) is 37.3 Å². The molecule has 0 N–H and O–H groups in total. The van der Waals surface area contributed by atoms with Crippen molar-refractivity contribution < 1.29 is 14.3 Å². The number of carbonyl (C=O) groups excluding carboxylic acids is 1. The summed E-state index contributed by atoms with van der Waals surface area (Å²) in [6.07, 6.45) is 1.18. The first-order valence-corrected chi connectivity index (χ1v) is 10.6. The first-order chi connectivity index (χ1) is 14.1. The van der Waals surface area contributed by atoms with Gasteiger partial charge in [-0.05, 0) is 35.6 Å². The maximum absolute atomic E-state index is 12.8. The summed E-state index contributed by atoms with van der Waals surface area (Å²) in [5, 5.41) is 0. The van der Waals surface area contributed by atoms with Crippen molar-refractivity contribution in [3.8, 4) is 11.5 Å². The van der Waals surface area contributed by atoms with Gasteiger partial charge in [0.15, 0.2) is 11.5 Å². The van der Waals surface area contributed by atoms with E-state index >= 15 is 0 Å². The number of hydrogen-bond acceptors (Lipinski definition) is 4. The van der Waals surface area contributed by atoms with E-state index in [-0.39, 0.29) is 5.91 Å². The van der Waals surface area contributed by atoms with Crippen molar-refractivity contribution in [2.45, 2.75) is 32.6 Å². The minimum absolute atomic E-state index is 0.219. The van der Waals surface area contributed by atoms with Gasteiger partial charge in [0.25, 0.3) is 0 Å². The molecular weight excluding hydrogens is 364 g/mol. The summed E-state index contributed by atoms with van der Waals surface area (Å²) >= 11 is 0. The Morgan fingerprint density at radius 1 is 0.966 bits per heavy atom. The van der Waals surface area contributed by atoms with Gasteiger partial charge in [-0.15, -0.1) is 0 Å². The molecule has 0 atom stereocenters. The molecule has 2 heterocycles. The highest BCUT2D eigenvalue weighted by Crippen LogP contribution is 2.34. The van der Waals surface area contributed by atoms with E-state index in [0.29, 0.717) is 32.0 Å². The molecule has 2 aromatic rings. The van der Waals surface area contributed by atoms with Gasteiger partial charge < -0.3 is 19.3 Å². The predicted molar refractivity (Wildman–Crippen MR) is 115 cm³/mol. The smallest absolute Gasteiger partial charge is 0.223 e. The lowest BCUT2D eigenvalue weighted by Crippen LogP contribution is -2.49. The number of rotatable bonds is 5. The standard InChI is InChI=1S/C24H30N2O3/c1-18(2)20-7-3-4-8-21(20)25-12-14-26(15-13-25)23(27)11-10-19-6-5-9-22-24(19)29-17-16-28-22/h3-9,18H,10-17H2,1-2H3. The van der Waals surface area contributed by atoms with Crippen LogP contribution in [0, 0.1) is 0 Å². The van der Waals surface area contributed by atoms with E-state index in [4.69, 9.17) is 9.47 Å². The van der Waals surface area contributed by atoms with Crippen LogP contribution in [0.3, 0.4) is 0 Å². The highest BCUT2D eigenvalue weighted by atomic mass is 16.6. The maximum atomic E-state index is 12.8. The molecule has 2 aliphatic heterocycles. The summed E-state index contributed by atoms with van der Waals surface area (Å²) in [6, 6.07) is 14.5. The normalized spacial score (nSPS) is 16.2. The van der Waals surface area contributed by atoms with Gasteiger partial charge in [0.2, 0.25) is 5.91 Å². The number of anilines is 1. The lowest BCUT2D eigenvalue weighted by Gasteiger charge is -2.37. The first-order valence-electron chi connectivity index (χ1n) is 10.6. The van der Waals surface area contributed by atoms with E-state index in [9.17, 15) is 4.79 Å². The van der Waals surface area contributed by atoms with Gasteiger partial charge in [-0.3, -0.25) is 4.79 Å². The quantitative estimate of drug-likeness (QED) is 0.772. The molecule has 2 aromatic carbocycles. The maximum Gasteiger partial charge on any atom is 0.223 e. The summed E-state index contributed by atoms with van der Waals surface area (Å²) in [5.41, 5.74) is 3.74. The molecule has 29 heavy (non-hydrogen) atoms. The van der Waals surface area contributed by atoms with Gasteiger partial charge in [0.1, 0.15) is 13.2 Å². The van der Waals surface area contributed by atoms with Crippen LogP contribution in [0.2, 0.25) is 0 Å². The fourth-order valence-electron chi connectivity index (χ4n) is 4.19. The molecule has 0 saturated carbocycles. The minimum Gasteiger partial charge on any atom is -0.486 e. The Labute approximate surface area is 173 Å². The molecule has 0 unspecified atom stereocenters.